The SMILES string of the molecule is CC.CNC(C)c1ccc(C#CCOCCCOCC(=O)F)cc1. The van der Waals surface area contributed by atoms with Crippen LogP contribution in [-0.2, 0) is 14.3 Å². The van der Waals surface area contributed by atoms with Gasteiger partial charge in [-0.3, -0.25) is 4.79 Å². The van der Waals surface area contributed by atoms with Gasteiger partial charge in [0.25, 0.3) is 0 Å². The van der Waals surface area contributed by atoms with E-state index in [1.807, 2.05) is 33.0 Å². The summed E-state index contributed by atoms with van der Waals surface area (Å²) in [5.74, 6) is 5.96. The predicted octanol–water partition coefficient (Wildman–Crippen LogP) is 3.26. The summed E-state index contributed by atoms with van der Waals surface area (Å²) in [6.45, 7) is 6.71. The van der Waals surface area contributed by atoms with Crippen LogP contribution in [0.1, 0.15) is 44.4 Å². The summed E-state index contributed by atoms with van der Waals surface area (Å²) >= 11 is 0. The molecule has 1 aromatic carbocycles. The zero-order chi connectivity index (χ0) is 18.2. The van der Waals surface area contributed by atoms with Gasteiger partial charge in [-0.15, -0.1) is 0 Å². The molecule has 5 heteroatoms. The molecular formula is C19H28FNO3. The number of hydrogen-bond donors (Lipinski definition) is 1. The number of carbonyl (C=O) groups excluding carboxylic acids is 1. The Balaban J connectivity index is 0.00000254. The maximum atomic E-state index is 11.8. The molecule has 4 nitrogen and oxygen atoms in total. The van der Waals surface area contributed by atoms with Crippen LogP contribution in [0.15, 0.2) is 24.3 Å². The van der Waals surface area contributed by atoms with E-state index in [9.17, 15) is 9.18 Å². The lowest BCUT2D eigenvalue weighted by Gasteiger charge is -2.09. The van der Waals surface area contributed by atoms with Crippen LogP contribution in [0.4, 0.5) is 4.39 Å². The van der Waals surface area contributed by atoms with Gasteiger partial charge in [0, 0.05) is 18.2 Å². The predicted molar refractivity (Wildman–Crippen MR) is 94.5 cm³/mol. The molecule has 1 rings (SSSR count). The summed E-state index contributed by atoms with van der Waals surface area (Å²) in [7, 11) is 1.93. The zero-order valence-electron chi connectivity index (χ0n) is 15.0. The Labute approximate surface area is 144 Å². The number of halogens is 1. The average molecular weight is 337 g/mol. The van der Waals surface area contributed by atoms with Gasteiger partial charge in [-0.25, -0.2) is 0 Å². The summed E-state index contributed by atoms with van der Waals surface area (Å²) in [4.78, 5) is 9.98. The van der Waals surface area contributed by atoms with E-state index in [4.69, 9.17) is 9.47 Å². The maximum absolute atomic E-state index is 11.8. The molecule has 0 amide bonds. The number of ether oxygens (including phenoxy) is 2. The van der Waals surface area contributed by atoms with Gasteiger partial charge in [0.05, 0.1) is 6.61 Å². The first-order valence-electron chi connectivity index (χ1n) is 8.23. The number of carbonyl (C=O) groups is 1. The summed E-state index contributed by atoms with van der Waals surface area (Å²) < 4.78 is 21.9. The third kappa shape index (κ3) is 10.9. The van der Waals surface area contributed by atoms with Crippen LogP contribution < -0.4 is 5.32 Å². The minimum absolute atomic E-state index is 0.300. The Kier molecular flexibility index (Phi) is 13.8. The molecular weight excluding hydrogens is 309 g/mol. The Bertz CT molecular complexity index is 506. The van der Waals surface area contributed by atoms with Crippen molar-refractivity contribution < 1.29 is 18.7 Å². The van der Waals surface area contributed by atoms with Crippen LogP contribution in [0.25, 0.3) is 0 Å². The van der Waals surface area contributed by atoms with E-state index in [1.54, 1.807) is 0 Å². The third-order valence-electron chi connectivity index (χ3n) is 3.04. The molecule has 1 N–H and O–H groups in total. The number of benzene rings is 1. The van der Waals surface area contributed by atoms with Gasteiger partial charge < -0.3 is 14.8 Å². The maximum Gasteiger partial charge on any atom is 0.326 e. The molecule has 24 heavy (non-hydrogen) atoms. The van der Waals surface area contributed by atoms with E-state index in [1.165, 1.54) is 5.56 Å². The van der Waals surface area contributed by atoms with Crippen molar-refractivity contribution in [3.63, 3.8) is 0 Å². The first kappa shape index (κ1) is 22.3. The second kappa shape index (κ2) is 14.8. The number of nitrogens with one attached hydrogen (secondary N) is 1. The molecule has 0 spiro atoms. The van der Waals surface area contributed by atoms with Crippen molar-refractivity contribution in [3.05, 3.63) is 35.4 Å². The average Bonchev–Trinajstić information content (AvgIpc) is 2.61. The molecule has 1 atom stereocenters. The van der Waals surface area contributed by atoms with Crippen molar-refractivity contribution in [2.75, 3.05) is 33.5 Å². The van der Waals surface area contributed by atoms with E-state index < -0.39 is 12.6 Å². The van der Waals surface area contributed by atoms with Gasteiger partial charge in [-0.05, 0) is 38.1 Å². The van der Waals surface area contributed by atoms with E-state index in [2.05, 4.69) is 36.2 Å². The molecule has 0 aromatic heterocycles. The molecule has 0 fully saturated rings. The summed E-state index contributed by atoms with van der Waals surface area (Å²) in [5.41, 5.74) is 2.16. The standard InChI is InChI=1S/C17H22FNO3.C2H6/c1-14(19-2)16-8-6-15(7-9-16)5-3-10-21-11-4-12-22-13-17(18)20;1-2/h6-9,14,19H,4,10-13H2,1-2H3;1-2H3. The van der Waals surface area contributed by atoms with Crippen molar-refractivity contribution in [2.24, 2.45) is 0 Å². The van der Waals surface area contributed by atoms with E-state index in [0.29, 0.717) is 32.3 Å². The van der Waals surface area contributed by atoms with Gasteiger partial charge in [0.15, 0.2) is 0 Å². The highest BCUT2D eigenvalue weighted by Crippen LogP contribution is 2.11. The Hall–Kier alpha value is -1.74. The number of rotatable bonds is 9. The first-order chi connectivity index (χ1) is 11.6. The smallest absolute Gasteiger partial charge is 0.326 e. The van der Waals surface area contributed by atoms with Gasteiger partial charge >= 0.3 is 6.04 Å². The van der Waals surface area contributed by atoms with E-state index in [0.717, 1.165) is 5.56 Å². The van der Waals surface area contributed by atoms with E-state index >= 15 is 0 Å². The fraction of sp³-hybridized carbons (Fsp3) is 0.526. The fourth-order valence-electron chi connectivity index (χ4n) is 1.70. The van der Waals surface area contributed by atoms with Crippen LogP contribution in [0.2, 0.25) is 0 Å². The highest BCUT2D eigenvalue weighted by atomic mass is 19.1. The highest BCUT2D eigenvalue weighted by Gasteiger charge is 2.00. The van der Waals surface area contributed by atoms with Crippen LogP contribution in [0.5, 0.6) is 0 Å². The Morgan fingerprint density at radius 2 is 1.83 bits per heavy atom. The van der Waals surface area contributed by atoms with Gasteiger partial charge in [-0.2, -0.15) is 4.39 Å². The summed E-state index contributed by atoms with van der Waals surface area (Å²) in [5, 5.41) is 3.18. The highest BCUT2D eigenvalue weighted by molar-refractivity contribution is 5.69. The normalized spacial score (nSPS) is 10.9. The Morgan fingerprint density at radius 1 is 1.21 bits per heavy atom. The largest absolute Gasteiger partial charge is 0.371 e. The van der Waals surface area contributed by atoms with Gasteiger partial charge in [0.1, 0.15) is 13.2 Å². The molecule has 0 aliphatic carbocycles. The summed E-state index contributed by atoms with van der Waals surface area (Å²) in [6, 6.07) is 6.93. The second-order valence-electron chi connectivity index (χ2n) is 4.75. The van der Waals surface area contributed by atoms with Gasteiger partial charge in [-0.1, -0.05) is 37.8 Å². The molecule has 134 valence electrons. The monoisotopic (exact) mass is 337 g/mol. The molecule has 1 aromatic rings. The Morgan fingerprint density at radius 3 is 2.42 bits per heavy atom. The van der Waals surface area contributed by atoms with Crippen LogP contribution in [0.3, 0.4) is 0 Å². The quantitative estimate of drug-likeness (QED) is 0.427. The van der Waals surface area contributed by atoms with Gasteiger partial charge in [0.2, 0.25) is 0 Å². The fourth-order valence-corrected chi connectivity index (χ4v) is 1.70. The first-order valence-corrected chi connectivity index (χ1v) is 8.23. The lowest BCUT2D eigenvalue weighted by atomic mass is 10.1. The lowest BCUT2D eigenvalue weighted by Crippen LogP contribution is -2.11. The second-order valence-corrected chi connectivity index (χ2v) is 4.75. The molecule has 0 aliphatic rings. The molecule has 0 saturated carbocycles. The van der Waals surface area contributed by atoms with Crippen LogP contribution in [-0.4, -0.2) is 39.5 Å². The van der Waals surface area contributed by atoms with Crippen molar-refractivity contribution >= 4 is 6.04 Å². The van der Waals surface area contributed by atoms with Crippen molar-refractivity contribution in [2.45, 2.75) is 33.2 Å². The minimum atomic E-state index is -1.46. The molecule has 0 heterocycles. The van der Waals surface area contributed by atoms with Crippen molar-refractivity contribution in [1.82, 2.24) is 5.32 Å². The van der Waals surface area contributed by atoms with Crippen molar-refractivity contribution in [3.8, 4) is 11.8 Å². The zero-order valence-corrected chi connectivity index (χ0v) is 15.0. The van der Waals surface area contributed by atoms with Crippen LogP contribution in [0, 0.1) is 11.8 Å². The van der Waals surface area contributed by atoms with Crippen molar-refractivity contribution in [1.29, 1.82) is 0 Å². The molecule has 0 aliphatic heterocycles. The molecule has 0 saturated heterocycles. The van der Waals surface area contributed by atoms with Crippen LogP contribution >= 0.6 is 0 Å². The topological polar surface area (TPSA) is 47.6 Å². The third-order valence-corrected chi connectivity index (χ3v) is 3.04. The summed E-state index contributed by atoms with van der Waals surface area (Å²) in [6.07, 6.45) is 0.603. The molecule has 1 unspecified atom stereocenters. The minimum Gasteiger partial charge on any atom is -0.371 e. The number of hydrogen-bond acceptors (Lipinski definition) is 4. The molecule has 0 bridgehead atoms. The molecule has 0 radical (unpaired) electrons. The van der Waals surface area contributed by atoms with E-state index in [-0.39, 0.29) is 0 Å². The lowest BCUT2D eigenvalue weighted by molar-refractivity contribution is -0.134.